The molecule has 0 saturated heterocycles. The third-order valence-corrected chi connectivity index (χ3v) is 3.74. The quantitative estimate of drug-likeness (QED) is 0.653. The fraction of sp³-hybridized carbons (Fsp3) is 1.00. The van der Waals surface area contributed by atoms with Crippen LogP contribution in [0.15, 0.2) is 0 Å². The molecule has 0 spiro atoms. The number of unbranched alkanes of at least 4 members (excludes halogenated alkanes) is 2. The SMILES string of the molecule is CNC(CCCCCS(C)(=O)=O)C(C)C. The van der Waals surface area contributed by atoms with Crippen molar-refractivity contribution < 1.29 is 8.42 Å². The van der Waals surface area contributed by atoms with Gasteiger partial charge in [0.1, 0.15) is 9.84 Å². The van der Waals surface area contributed by atoms with E-state index in [1.165, 1.54) is 6.26 Å². The van der Waals surface area contributed by atoms with Crippen LogP contribution in [0.2, 0.25) is 0 Å². The van der Waals surface area contributed by atoms with Gasteiger partial charge in [-0.2, -0.15) is 0 Å². The van der Waals surface area contributed by atoms with Crippen LogP contribution in [0.25, 0.3) is 0 Å². The number of hydrogen-bond acceptors (Lipinski definition) is 3. The van der Waals surface area contributed by atoms with E-state index < -0.39 is 9.84 Å². The Labute approximate surface area is 94.6 Å². The van der Waals surface area contributed by atoms with Crippen molar-refractivity contribution in [2.24, 2.45) is 5.92 Å². The standard InChI is InChI=1S/C11H25NO2S/c1-10(2)11(12-3)8-6-5-7-9-15(4,13)14/h10-12H,5-9H2,1-4H3. The molecule has 0 aliphatic heterocycles. The fourth-order valence-electron chi connectivity index (χ4n) is 1.72. The van der Waals surface area contributed by atoms with E-state index in [4.69, 9.17) is 0 Å². The number of sulfone groups is 1. The van der Waals surface area contributed by atoms with Gasteiger partial charge in [-0.1, -0.05) is 26.7 Å². The zero-order chi connectivity index (χ0) is 11.9. The lowest BCUT2D eigenvalue weighted by molar-refractivity contribution is 0.389. The highest BCUT2D eigenvalue weighted by atomic mass is 32.2. The van der Waals surface area contributed by atoms with E-state index in [1.807, 2.05) is 7.05 Å². The third kappa shape index (κ3) is 8.88. The van der Waals surface area contributed by atoms with Crippen LogP contribution in [0.1, 0.15) is 39.5 Å². The molecule has 0 aromatic rings. The summed E-state index contributed by atoms with van der Waals surface area (Å²) in [7, 11) is -0.775. The predicted octanol–water partition coefficient (Wildman–Crippen LogP) is 1.84. The van der Waals surface area contributed by atoms with Gasteiger partial charge in [-0.3, -0.25) is 0 Å². The summed E-state index contributed by atoms with van der Waals surface area (Å²) in [5.74, 6) is 0.976. The first kappa shape index (κ1) is 14.9. The fourth-order valence-corrected chi connectivity index (χ4v) is 2.44. The molecule has 4 heteroatoms. The molecule has 0 aliphatic rings. The minimum Gasteiger partial charge on any atom is -0.317 e. The lowest BCUT2D eigenvalue weighted by Crippen LogP contribution is -2.30. The molecule has 0 aromatic carbocycles. The van der Waals surface area contributed by atoms with Crippen molar-refractivity contribution in [3.63, 3.8) is 0 Å². The molecular formula is C11H25NO2S. The molecule has 0 fully saturated rings. The first-order valence-corrected chi connectivity index (χ1v) is 7.78. The van der Waals surface area contributed by atoms with Gasteiger partial charge in [0.05, 0.1) is 0 Å². The van der Waals surface area contributed by atoms with Crippen LogP contribution in [0.4, 0.5) is 0 Å². The van der Waals surface area contributed by atoms with Crippen LogP contribution in [-0.4, -0.2) is 33.5 Å². The van der Waals surface area contributed by atoms with Crippen molar-refractivity contribution in [1.82, 2.24) is 5.32 Å². The lowest BCUT2D eigenvalue weighted by Gasteiger charge is -2.19. The largest absolute Gasteiger partial charge is 0.317 e. The number of hydrogen-bond donors (Lipinski definition) is 1. The van der Waals surface area contributed by atoms with Gasteiger partial charge >= 0.3 is 0 Å². The molecule has 0 bridgehead atoms. The van der Waals surface area contributed by atoms with Crippen molar-refractivity contribution in [2.45, 2.75) is 45.6 Å². The molecule has 15 heavy (non-hydrogen) atoms. The van der Waals surface area contributed by atoms with Gasteiger partial charge < -0.3 is 5.32 Å². The van der Waals surface area contributed by atoms with Crippen molar-refractivity contribution in [3.05, 3.63) is 0 Å². The van der Waals surface area contributed by atoms with E-state index in [-0.39, 0.29) is 0 Å². The van der Waals surface area contributed by atoms with Crippen molar-refractivity contribution >= 4 is 9.84 Å². The molecule has 0 rings (SSSR count). The Morgan fingerprint density at radius 1 is 1.13 bits per heavy atom. The molecule has 1 atom stereocenters. The van der Waals surface area contributed by atoms with Crippen LogP contribution in [0, 0.1) is 5.92 Å². The minimum atomic E-state index is -2.76. The van der Waals surface area contributed by atoms with Crippen LogP contribution < -0.4 is 5.32 Å². The van der Waals surface area contributed by atoms with Crippen LogP contribution in [-0.2, 0) is 9.84 Å². The Hall–Kier alpha value is -0.0900. The Kier molecular flexibility index (Phi) is 7.18. The summed E-state index contributed by atoms with van der Waals surface area (Å²) >= 11 is 0. The Balaban J connectivity index is 3.53. The van der Waals surface area contributed by atoms with E-state index >= 15 is 0 Å². The second kappa shape index (κ2) is 7.23. The highest BCUT2D eigenvalue weighted by molar-refractivity contribution is 7.90. The Bertz CT molecular complexity index is 247. The smallest absolute Gasteiger partial charge is 0.147 e. The maximum absolute atomic E-state index is 10.9. The summed E-state index contributed by atoms with van der Waals surface area (Å²) in [5, 5.41) is 3.29. The molecule has 92 valence electrons. The van der Waals surface area contributed by atoms with Gasteiger partial charge in [0.15, 0.2) is 0 Å². The second-order valence-corrected chi connectivity index (χ2v) is 6.88. The summed E-state index contributed by atoms with van der Waals surface area (Å²) in [6.45, 7) is 4.41. The molecule has 0 amide bonds. The van der Waals surface area contributed by atoms with Crippen LogP contribution in [0.5, 0.6) is 0 Å². The van der Waals surface area contributed by atoms with Gasteiger partial charge in [-0.15, -0.1) is 0 Å². The molecule has 0 aliphatic carbocycles. The molecule has 1 unspecified atom stereocenters. The van der Waals surface area contributed by atoms with Crippen molar-refractivity contribution in [1.29, 1.82) is 0 Å². The van der Waals surface area contributed by atoms with Gasteiger partial charge in [-0.05, 0) is 25.8 Å². The van der Waals surface area contributed by atoms with Gasteiger partial charge in [-0.25, -0.2) is 8.42 Å². The Morgan fingerprint density at radius 3 is 2.13 bits per heavy atom. The average Bonchev–Trinajstić information content (AvgIpc) is 2.08. The van der Waals surface area contributed by atoms with Crippen LogP contribution in [0.3, 0.4) is 0 Å². The topological polar surface area (TPSA) is 46.2 Å². The van der Waals surface area contributed by atoms with Gasteiger partial charge in [0.2, 0.25) is 0 Å². The normalized spacial score (nSPS) is 14.5. The minimum absolute atomic E-state index is 0.332. The predicted molar refractivity (Wildman–Crippen MR) is 65.9 cm³/mol. The number of nitrogens with one attached hydrogen (secondary N) is 1. The molecular weight excluding hydrogens is 210 g/mol. The maximum Gasteiger partial charge on any atom is 0.147 e. The lowest BCUT2D eigenvalue weighted by atomic mass is 9.98. The molecule has 0 saturated carbocycles. The molecule has 1 N–H and O–H groups in total. The second-order valence-electron chi connectivity index (χ2n) is 4.62. The van der Waals surface area contributed by atoms with E-state index in [9.17, 15) is 8.42 Å². The monoisotopic (exact) mass is 235 g/mol. The third-order valence-electron chi connectivity index (χ3n) is 2.71. The average molecular weight is 235 g/mol. The summed E-state index contributed by atoms with van der Waals surface area (Å²) in [6.07, 6.45) is 5.36. The van der Waals surface area contributed by atoms with E-state index in [0.717, 1.165) is 25.7 Å². The van der Waals surface area contributed by atoms with Gasteiger partial charge in [0.25, 0.3) is 0 Å². The maximum atomic E-state index is 10.9. The molecule has 0 aromatic heterocycles. The Morgan fingerprint density at radius 2 is 1.73 bits per heavy atom. The summed E-state index contributed by atoms with van der Waals surface area (Å²) in [4.78, 5) is 0. The molecule has 0 heterocycles. The highest BCUT2D eigenvalue weighted by Gasteiger charge is 2.10. The zero-order valence-electron chi connectivity index (χ0n) is 10.4. The highest BCUT2D eigenvalue weighted by Crippen LogP contribution is 2.11. The van der Waals surface area contributed by atoms with Crippen molar-refractivity contribution in [2.75, 3.05) is 19.1 Å². The molecule has 3 nitrogen and oxygen atoms in total. The molecule has 0 radical (unpaired) electrons. The summed E-state index contributed by atoms with van der Waals surface area (Å²) < 4.78 is 21.8. The first-order valence-electron chi connectivity index (χ1n) is 5.72. The summed E-state index contributed by atoms with van der Waals surface area (Å²) in [5.41, 5.74) is 0. The zero-order valence-corrected chi connectivity index (χ0v) is 11.2. The van der Waals surface area contributed by atoms with E-state index in [0.29, 0.717) is 17.7 Å². The van der Waals surface area contributed by atoms with Crippen molar-refractivity contribution in [3.8, 4) is 0 Å². The van der Waals surface area contributed by atoms with Crippen LogP contribution >= 0.6 is 0 Å². The first-order chi connectivity index (χ1) is 6.87. The van der Waals surface area contributed by atoms with E-state index in [2.05, 4.69) is 19.2 Å². The van der Waals surface area contributed by atoms with E-state index in [1.54, 1.807) is 0 Å². The summed E-state index contributed by atoms with van der Waals surface area (Å²) in [6, 6.07) is 0.559. The van der Waals surface area contributed by atoms with Gasteiger partial charge in [0, 0.05) is 18.1 Å². The number of rotatable bonds is 8.